The molecule has 1 aliphatic heterocycles. The third-order valence-electron chi connectivity index (χ3n) is 4.10. The second kappa shape index (κ2) is 6.74. The molecule has 4 nitrogen and oxygen atoms in total. The summed E-state index contributed by atoms with van der Waals surface area (Å²) in [5.74, 6) is 0.382. The predicted octanol–water partition coefficient (Wildman–Crippen LogP) is 2.89. The van der Waals surface area contributed by atoms with E-state index in [-0.39, 0.29) is 18.2 Å². The Balaban J connectivity index is 1.88. The summed E-state index contributed by atoms with van der Waals surface area (Å²) < 4.78 is 0. The maximum Gasteiger partial charge on any atom is 0.233 e. The minimum Gasteiger partial charge on any atom is -0.342 e. The number of amides is 2. The van der Waals surface area contributed by atoms with Crippen molar-refractivity contribution in [3.63, 3.8) is 0 Å². The molecule has 1 aromatic carbocycles. The van der Waals surface area contributed by atoms with E-state index < -0.39 is 0 Å². The molecule has 114 valence electrons. The molecule has 2 amide bonds. The number of hydrogen-bond donors (Lipinski definition) is 1. The molecular weight excluding hydrogens is 264 g/mol. The first kappa shape index (κ1) is 15.5. The van der Waals surface area contributed by atoms with Crippen molar-refractivity contribution in [2.24, 2.45) is 5.92 Å². The first-order chi connectivity index (χ1) is 9.95. The highest BCUT2D eigenvalue weighted by atomic mass is 16.2. The SMILES string of the molecule is Cc1ccc(NC(=O)CC(=O)N2CCC(C)CC2)c(C)c1. The number of hydrogen-bond acceptors (Lipinski definition) is 2. The minimum absolute atomic E-state index is 0.0656. The smallest absolute Gasteiger partial charge is 0.233 e. The lowest BCUT2D eigenvalue weighted by atomic mass is 9.99. The van der Waals surface area contributed by atoms with Gasteiger partial charge in [-0.15, -0.1) is 0 Å². The number of carbonyl (C=O) groups is 2. The zero-order chi connectivity index (χ0) is 15.4. The number of anilines is 1. The Kier molecular flexibility index (Phi) is 4.99. The van der Waals surface area contributed by atoms with Crippen molar-refractivity contribution < 1.29 is 9.59 Å². The molecule has 0 aromatic heterocycles. The molecule has 4 heteroatoms. The molecule has 1 aliphatic rings. The molecule has 0 unspecified atom stereocenters. The van der Waals surface area contributed by atoms with Crippen molar-refractivity contribution in [2.75, 3.05) is 18.4 Å². The highest BCUT2D eigenvalue weighted by Gasteiger charge is 2.22. The summed E-state index contributed by atoms with van der Waals surface area (Å²) >= 11 is 0. The molecule has 1 aromatic rings. The maximum atomic E-state index is 12.1. The van der Waals surface area contributed by atoms with Gasteiger partial charge in [0.1, 0.15) is 6.42 Å². The zero-order valence-electron chi connectivity index (χ0n) is 13.1. The van der Waals surface area contributed by atoms with E-state index in [1.54, 1.807) is 0 Å². The van der Waals surface area contributed by atoms with Crippen molar-refractivity contribution in [1.82, 2.24) is 4.90 Å². The number of likely N-dealkylation sites (tertiary alicyclic amines) is 1. The van der Waals surface area contributed by atoms with Crippen molar-refractivity contribution in [3.05, 3.63) is 29.3 Å². The number of benzene rings is 1. The molecule has 21 heavy (non-hydrogen) atoms. The fourth-order valence-electron chi connectivity index (χ4n) is 2.66. The molecule has 1 fully saturated rings. The fraction of sp³-hybridized carbons (Fsp3) is 0.529. The molecule has 2 rings (SSSR count). The summed E-state index contributed by atoms with van der Waals surface area (Å²) in [6.45, 7) is 7.72. The van der Waals surface area contributed by atoms with Crippen molar-refractivity contribution in [2.45, 2.75) is 40.0 Å². The van der Waals surface area contributed by atoms with Crippen LogP contribution in [-0.2, 0) is 9.59 Å². The van der Waals surface area contributed by atoms with E-state index in [2.05, 4.69) is 12.2 Å². The van der Waals surface area contributed by atoms with Crippen LogP contribution in [0.4, 0.5) is 5.69 Å². The topological polar surface area (TPSA) is 49.4 Å². The second-order valence-corrected chi connectivity index (χ2v) is 6.11. The highest BCUT2D eigenvalue weighted by Crippen LogP contribution is 2.18. The molecule has 0 spiro atoms. The van der Waals surface area contributed by atoms with Gasteiger partial charge in [-0.05, 0) is 44.2 Å². The molecule has 0 saturated carbocycles. The number of nitrogens with zero attached hydrogens (tertiary/aromatic N) is 1. The van der Waals surface area contributed by atoms with E-state index in [1.165, 1.54) is 0 Å². The largest absolute Gasteiger partial charge is 0.342 e. The van der Waals surface area contributed by atoms with Crippen LogP contribution >= 0.6 is 0 Å². The molecule has 1 saturated heterocycles. The standard InChI is InChI=1S/C17H24N2O2/c1-12-6-8-19(9-7-12)17(21)11-16(20)18-15-5-4-13(2)10-14(15)3/h4-5,10,12H,6-9,11H2,1-3H3,(H,18,20). The van der Waals surface area contributed by atoms with Gasteiger partial charge in [0.25, 0.3) is 0 Å². The molecular formula is C17H24N2O2. The van der Waals surface area contributed by atoms with Crippen molar-refractivity contribution in [1.29, 1.82) is 0 Å². The fourth-order valence-corrected chi connectivity index (χ4v) is 2.66. The lowest BCUT2D eigenvalue weighted by Gasteiger charge is -2.30. The second-order valence-electron chi connectivity index (χ2n) is 6.11. The average Bonchev–Trinajstić information content (AvgIpc) is 2.42. The Bertz CT molecular complexity index is 532. The summed E-state index contributed by atoms with van der Waals surface area (Å²) in [6, 6.07) is 5.86. The monoisotopic (exact) mass is 288 g/mol. The van der Waals surface area contributed by atoms with Gasteiger partial charge in [0.05, 0.1) is 0 Å². The van der Waals surface area contributed by atoms with Crippen LogP contribution in [0.25, 0.3) is 0 Å². The van der Waals surface area contributed by atoms with Gasteiger partial charge in [-0.25, -0.2) is 0 Å². The van der Waals surface area contributed by atoms with Gasteiger partial charge in [0.2, 0.25) is 11.8 Å². The first-order valence-electron chi connectivity index (χ1n) is 7.60. The number of rotatable bonds is 3. The summed E-state index contributed by atoms with van der Waals surface area (Å²) in [6.07, 6.45) is 2.00. The average molecular weight is 288 g/mol. The van der Waals surface area contributed by atoms with Crippen LogP contribution < -0.4 is 5.32 Å². The van der Waals surface area contributed by atoms with Gasteiger partial charge >= 0.3 is 0 Å². The molecule has 0 bridgehead atoms. The molecule has 1 heterocycles. The van der Waals surface area contributed by atoms with E-state index >= 15 is 0 Å². The van der Waals surface area contributed by atoms with Crippen LogP contribution in [0.1, 0.15) is 37.3 Å². The van der Waals surface area contributed by atoms with Crippen LogP contribution in [0, 0.1) is 19.8 Å². The molecule has 1 N–H and O–H groups in total. The third kappa shape index (κ3) is 4.31. The summed E-state index contributed by atoms with van der Waals surface area (Å²) in [5.41, 5.74) is 2.96. The van der Waals surface area contributed by atoms with Crippen LogP contribution in [0.3, 0.4) is 0 Å². The number of piperidine rings is 1. The Morgan fingerprint density at radius 2 is 1.90 bits per heavy atom. The van der Waals surface area contributed by atoms with Crippen molar-refractivity contribution >= 4 is 17.5 Å². The van der Waals surface area contributed by atoms with E-state index in [0.717, 1.165) is 42.7 Å². The van der Waals surface area contributed by atoms with Gasteiger partial charge in [-0.1, -0.05) is 24.6 Å². The third-order valence-corrected chi connectivity index (χ3v) is 4.10. The minimum atomic E-state index is -0.231. The first-order valence-corrected chi connectivity index (χ1v) is 7.60. The summed E-state index contributed by atoms with van der Waals surface area (Å²) in [7, 11) is 0. The normalized spacial score (nSPS) is 15.9. The van der Waals surface area contributed by atoms with Crippen LogP contribution in [0.5, 0.6) is 0 Å². The quantitative estimate of drug-likeness (QED) is 0.869. The van der Waals surface area contributed by atoms with Gasteiger partial charge < -0.3 is 10.2 Å². The van der Waals surface area contributed by atoms with Crippen LogP contribution in [-0.4, -0.2) is 29.8 Å². The number of nitrogens with one attached hydrogen (secondary N) is 1. The van der Waals surface area contributed by atoms with E-state index in [1.807, 2.05) is 36.9 Å². The Morgan fingerprint density at radius 3 is 2.52 bits per heavy atom. The van der Waals surface area contributed by atoms with Gasteiger partial charge in [-0.3, -0.25) is 9.59 Å². The lowest BCUT2D eigenvalue weighted by Crippen LogP contribution is -2.39. The van der Waals surface area contributed by atoms with Crippen LogP contribution in [0.2, 0.25) is 0 Å². The van der Waals surface area contributed by atoms with E-state index in [4.69, 9.17) is 0 Å². The van der Waals surface area contributed by atoms with Gasteiger partial charge in [0, 0.05) is 18.8 Å². The lowest BCUT2D eigenvalue weighted by molar-refractivity contribution is -0.135. The Morgan fingerprint density at radius 1 is 1.24 bits per heavy atom. The molecule has 0 aliphatic carbocycles. The zero-order valence-corrected chi connectivity index (χ0v) is 13.1. The van der Waals surface area contributed by atoms with Crippen molar-refractivity contribution in [3.8, 4) is 0 Å². The van der Waals surface area contributed by atoms with E-state index in [0.29, 0.717) is 5.92 Å². The van der Waals surface area contributed by atoms with E-state index in [9.17, 15) is 9.59 Å². The maximum absolute atomic E-state index is 12.1. The highest BCUT2D eigenvalue weighted by molar-refractivity contribution is 6.03. The summed E-state index contributed by atoms with van der Waals surface area (Å²) in [5, 5.41) is 2.83. The molecule has 0 radical (unpaired) electrons. The van der Waals surface area contributed by atoms with Gasteiger partial charge in [0.15, 0.2) is 0 Å². The summed E-state index contributed by atoms with van der Waals surface area (Å²) in [4.78, 5) is 25.9. The molecule has 0 atom stereocenters. The number of aryl methyl sites for hydroxylation is 2. The van der Waals surface area contributed by atoms with Crippen LogP contribution in [0.15, 0.2) is 18.2 Å². The number of carbonyl (C=O) groups excluding carboxylic acids is 2. The Labute approximate surface area is 126 Å². The Hall–Kier alpha value is -1.84. The predicted molar refractivity (Wildman–Crippen MR) is 84.1 cm³/mol. The van der Waals surface area contributed by atoms with Gasteiger partial charge in [-0.2, -0.15) is 0 Å².